The second kappa shape index (κ2) is 5.16. The summed E-state index contributed by atoms with van der Waals surface area (Å²) in [5.41, 5.74) is -0.192. The van der Waals surface area contributed by atoms with Crippen LogP contribution in [0.4, 0.5) is 5.82 Å². The van der Waals surface area contributed by atoms with Gasteiger partial charge in [0.1, 0.15) is 5.15 Å². The third-order valence-electron chi connectivity index (χ3n) is 1.99. The quantitative estimate of drug-likeness (QED) is 0.822. The van der Waals surface area contributed by atoms with Crippen molar-refractivity contribution in [1.82, 2.24) is 15.2 Å². The summed E-state index contributed by atoms with van der Waals surface area (Å²) in [4.78, 5) is 26.4. The second-order valence-corrected chi connectivity index (χ2v) is 4.04. The van der Waals surface area contributed by atoms with Crippen molar-refractivity contribution in [3.63, 3.8) is 0 Å². The monoisotopic (exact) mass is 284 g/mol. The van der Waals surface area contributed by atoms with Gasteiger partial charge in [0.15, 0.2) is 5.82 Å². The first-order valence-electron chi connectivity index (χ1n) is 4.74. The molecule has 0 radical (unpaired) electrons. The number of pyridine rings is 1. The topological polar surface area (TPSA) is 87.7 Å². The highest BCUT2D eigenvalue weighted by atomic mass is 35.5. The lowest BCUT2D eigenvalue weighted by Crippen LogP contribution is -2.16. The van der Waals surface area contributed by atoms with E-state index in [1.54, 1.807) is 0 Å². The van der Waals surface area contributed by atoms with Crippen molar-refractivity contribution >= 4 is 34.9 Å². The Balaban J connectivity index is 2.24. The molecule has 6 nitrogen and oxygen atoms in total. The molecule has 0 saturated carbocycles. The van der Waals surface area contributed by atoms with Crippen molar-refractivity contribution < 1.29 is 4.79 Å². The van der Waals surface area contributed by atoms with Gasteiger partial charge in [-0.2, -0.15) is 5.10 Å². The SMILES string of the molecule is O=C(Nc1ccc(=O)[nH]n1)c1cc(Cl)ncc1Cl. The molecule has 0 spiro atoms. The lowest BCUT2D eigenvalue weighted by molar-refractivity contribution is 0.102. The Hall–Kier alpha value is -1.92. The number of aromatic nitrogens is 3. The summed E-state index contributed by atoms with van der Waals surface area (Å²) in [7, 11) is 0. The molecule has 0 atom stereocenters. The number of H-pyrrole nitrogens is 1. The largest absolute Gasteiger partial charge is 0.305 e. The number of carbonyl (C=O) groups is 1. The zero-order chi connectivity index (χ0) is 13.1. The number of anilines is 1. The van der Waals surface area contributed by atoms with Gasteiger partial charge >= 0.3 is 0 Å². The van der Waals surface area contributed by atoms with Gasteiger partial charge in [0, 0.05) is 12.3 Å². The van der Waals surface area contributed by atoms with Crippen LogP contribution >= 0.6 is 23.2 Å². The fourth-order valence-electron chi connectivity index (χ4n) is 1.18. The Labute approximate surface area is 111 Å². The fourth-order valence-corrected chi connectivity index (χ4v) is 1.53. The smallest absolute Gasteiger partial charge is 0.264 e. The Bertz CT molecular complexity index is 636. The fraction of sp³-hybridized carbons (Fsp3) is 0. The summed E-state index contributed by atoms with van der Waals surface area (Å²) in [5, 5.41) is 8.61. The molecule has 2 aromatic heterocycles. The van der Waals surface area contributed by atoms with Crippen LogP contribution in [-0.2, 0) is 0 Å². The van der Waals surface area contributed by atoms with Gasteiger partial charge in [-0.25, -0.2) is 10.1 Å². The molecular weight excluding hydrogens is 279 g/mol. The van der Waals surface area contributed by atoms with E-state index in [4.69, 9.17) is 23.2 Å². The van der Waals surface area contributed by atoms with Crippen LogP contribution in [0.2, 0.25) is 10.2 Å². The van der Waals surface area contributed by atoms with Crippen molar-refractivity contribution in [3.8, 4) is 0 Å². The minimum Gasteiger partial charge on any atom is -0.305 e. The highest BCUT2D eigenvalue weighted by Gasteiger charge is 2.12. The summed E-state index contributed by atoms with van der Waals surface area (Å²) in [6, 6.07) is 3.95. The Morgan fingerprint density at radius 1 is 1.33 bits per heavy atom. The maximum Gasteiger partial charge on any atom is 0.264 e. The molecule has 0 saturated heterocycles. The Morgan fingerprint density at radius 2 is 2.11 bits per heavy atom. The van der Waals surface area contributed by atoms with E-state index in [2.05, 4.69) is 20.5 Å². The highest BCUT2D eigenvalue weighted by Crippen LogP contribution is 2.18. The van der Waals surface area contributed by atoms with E-state index in [0.717, 1.165) is 0 Å². The average Bonchev–Trinajstić information content (AvgIpc) is 2.35. The first-order valence-corrected chi connectivity index (χ1v) is 5.50. The van der Waals surface area contributed by atoms with Gasteiger partial charge < -0.3 is 5.32 Å². The molecule has 2 heterocycles. The average molecular weight is 285 g/mol. The van der Waals surface area contributed by atoms with Crippen molar-refractivity contribution in [2.45, 2.75) is 0 Å². The first-order chi connectivity index (χ1) is 8.56. The minimum absolute atomic E-state index is 0.152. The zero-order valence-corrected chi connectivity index (χ0v) is 10.3. The first kappa shape index (κ1) is 12.5. The summed E-state index contributed by atoms with van der Waals surface area (Å²) in [6.45, 7) is 0. The van der Waals surface area contributed by atoms with E-state index in [9.17, 15) is 9.59 Å². The third kappa shape index (κ3) is 2.85. The predicted molar refractivity (Wildman–Crippen MR) is 67.1 cm³/mol. The van der Waals surface area contributed by atoms with E-state index in [1.165, 1.54) is 24.4 Å². The summed E-state index contributed by atoms with van der Waals surface area (Å²) in [6.07, 6.45) is 1.28. The van der Waals surface area contributed by atoms with Crippen LogP contribution in [0.3, 0.4) is 0 Å². The molecule has 2 N–H and O–H groups in total. The molecule has 92 valence electrons. The maximum atomic E-state index is 11.9. The number of amides is 1. The normalized spacial score (nSPS) is 10.1. The number of nitrogens with zero attached hydrogens (tertiary/aromatic N) is 2. The van der Waals surface area contributed by atoms with E-state index in [-0.39, 0.29) is 27.1 Å². The van der Waals surface area contributed by atoms with Gasteiger partial charge in [-0.15, -0.1) is 0 Å². The number of rotatable bonds is 2. The molecule has 8 heteroatoms. The van der Waals surface area contributed by atoms with Crippen LogP contribution < -0.4 is 10.9 Å². The van der Waals surface area contributed by atoms with Crippen LogP contribution in [0.15, 0.2) is 29.2 Å². The van der Waals surface area contributed by atoms with E-state index >= 15 is 0 Å². The molecule has 0 bridgehead atoms. The summed E-state index contributed by atoms with van der Waals surface area (Å²) < 4.78 is 0. The van der Waals surface area contributed by atoms with Gasteiger partial charge in [-0.3, -0.25) is 9.59 Å². The molecule has 2 rings (SSSR count). The molecule has 0 aliphatic rings. The van der Waals surface area contributed by atoms with Gasteiger partial charge in [0.2, 0.25) is 0 Å². The highest BCUT2D eigenvalue weighted by molar-refractivity contribution is 6.35. The molecule has 0 aliphatic carbocycles. The predicted octanol–water partition coefficient (Wildman–Crippen LogP) is 1.72. The number of hydrogen-bond acceptors (Lipinski definition) is 4. The standard InChI is InChI=1S/C10H6Cl2N4O2/c11-6-4-13-7(12)3-5(6)10(18)14-8-1-2-9(17)16-15-8/h1-4H,(H,16,17)(H,14,15,18). The third-order valence-corrected chi connectivity index (χ3v) is 2.50. The van der Waals surface area contributed by atoms with E-state index in [1.807, 2.05) is 0 Å². The van der Waals surface area contributed by atoms with Crippen molar-refractivity contribution in [3.05, 3.63) is 50.5 Å². The van der Waals surface area contributed by atoms with Gasteiger partial charge in [0.25, 0.3) is 11.5 Å². The van der Waals surface area contributed by atoms with Crippen LogP contribution in [0.5, 0.6) is 0 Å². The number of halogens is 2. The maximum absolute atomic E-state index is 11.9. The summed E-state index contributed by atoms with van der Waals surface area (Å²) >= 11 is 11.5. The van der Waals surface area contributed by atoms with E-state index in [0.29, 0.717) is 0 Å². The Morgan fingerprint density at radius 3 is 2.78 bits per heavy atom. The molecule has 2 aromatic rings. The molecule has 0 fully saturated rings. The lowest BCUT2D eigenvalue weighted by Gasteiger charge is -2.05. The molecule has 0 aromatic carbocycles. The van der Waals surface area contributed by atoms with Gasteiger partial charge in [-0.1, -0.05) is 23.2 Å². The molecule has 18 heavy (non-hydrogen) atoms. The van der Waals surface area contributed by atoms with Crippen molar-refractivity contribution in [1.29, 1.82) is 0 Å². The number of carbonyl (C=O) groups excluding carboxylic acids is 1. The number of hydrogen-bond donors (Lipinski definition) is 2. The van der Waals surface area contributed by atoms with Crippen molar-refractivity contribution in [2.24, 2.45) is 0 Å². The summed E-state index contributed by atoms with van der Waals surface area (Å²) in [5.74, 6) is -0.299. The van der Waals surface area contributed by atoms with Gasteiger partial charge in [-0.05, 0) is 12.1 Å². The molecule has 1 amide bonds. The van der Waals surface area contributed by atoms with E-state index < -0.39 is 5.91 Å². The van der Waals surface area contributed by atoms with Crippen LogP contribution in [0, 0.1) is 0 Å². The van der Waals surface area contributed by atoms with Gasteiger partial charge in [0.05, 0.1) is 10.6 Å². The van der Waals surface area contributed by atoms with Crippen LogP contribution in [0.1, 0.15) is 10.4 Å². The van der Waals surface area contributed by atoms with Crippen LogP contribution in [0.25, 0.3) is 0 Å². The van der Waals surface area contributed by atoms with Crippen LogP contribution in [-0.4, -0.2) is 21.1 Å². The zero-order valence-electron chi connectivity index (χ0n) is 8.78. The second-order valence-electron chi connectivity index (χ2n) is 3.25. The molecule has 0 aliphatic heterocycles. The lowest BCUT2D eigenvalue weighted by atomic mass is 10.2. The number of nitrogens with one attached hydrogen (secondary N) is 2. The molecular formula is C10H6Cl2N4O2. The molecule has 0 unspecified atom stereocenters. The Kier molecular flexibility index (Phi) is 3.59. The number of aromatic amines is 1. The minimum atomic E-state index is -0.496. The van der Waals surface area contributed by atoms with Crippen molar-refractivity contribution in [2.75, 3.05) is 5.32 Å².